The lowest BCUT2D eigenvalue weighted by atomic mass is 10.1. The molecule has 1 aromatic carbocycles. The van der Waals surface area contributed by atoms with E-state index in [1.165, 1.54) is 0 Å². The van der Waals surface area contributed by atoms with Gasteiger partial charge in [-0.2, -0.15) is 0 Å². The molecule has 128 valence electrons. The Bertz CT molecular complexity index is 648. The third-order valence-corrected chi connectivity index (χ3v) is 4.60. The Morgan fingerprint density at radius 3 is 2.71 bits per heavy atom. The van der Waals surface area contributed by atoms with Crippen molar-refractivity contribution in [1.29, 1.82) is 0 Å². The first-order valence-electron chi connectivity index (χ1n) is 8.18. The number of carbonyl (C=O) groups is 3. The summed E-state index contributed by atoms with van der Waals surface area (Å²) >= 11 is 0. The molecule has 2 aliphatic heterocycles. The molecule has 2 saturated heterocycles. The minimum Gasteiger partial charge on any atom is -0.343 e. The fourth-order valence-electron chi connectivity index (χ4n) is 3.30. The molecule has 0 aromatic heterocycles. The zero-order valence-corrected chi connectivity index (χ0v) is 13.8. The SMILES string of the molecule is C[C@@H]1NC(=O)[C@@H]2C[C@H](NC(=O)N[C@H](C)c3ccccc3)CN2C1=O. The number of benzene rings is 1. The van der Waals surface area contributed by atoms with E-state index < -0.39 is 12.1 Å². The minimum absolute atomic E-state index is 0.0954. The standard InChI is InChI=1S/C17H22N4O3/c1-10(12-6-4-3-5-7-12)19-17(24)20-13-8-14-15(22)18-11(2)16(23)21(14)9-13/h3-7,10-11,13-14H,8-9H2,1-2H3,(H,18,22)(H2,19,20,24)/t10-,11+,13+,14+/m1/s1. The monoisotopic (exact) mass is 330 g/mol. The van der Waals surface area contributed by atoms with E-state index in [-0.39, 0.29) is 29.9 Å². The summed E-state index contributed by atoms with van der Waals surface area (Å²) in [7, 11) is 0. The van der Waals surface area contributed by atoms with E-state index in [0.717, 1.165) is 5.56 Å². The van der Waals surface area contributed by atoms with Gasteiger partial charge >= 0.3 is 6.03 Å². The molecule has 1 aromatic rings. The van der Waals surface area contributed by atoms with Crippen molar-refractivity contribution in [1.82, 2.24) is 20.9 Å². The molecule has 3 rings (SSSR count). The van der Waals surface area contributed by atoms with Gasteiger partial charge in [0.1, 0.15) is 12.1 Å². The summed E-state index contributed by atoms with van der Waals surface area (Å²) in [6.07, 6.45) is 0.442. The Morgan fingerprint density at radius 1 is 1.29 bits per heavy atom. The molecule has 4 atom stereocenters. The molecule has 2 heterocycles. The van der Waals surface area contributed by atoms with Crippen molar-refractivity contribution in [3.05, 3.63) is 35.9 Å². The third-order valence-electron chi connectivity index (χ3n) is 4.60. The zero-order valence-electron chi connectivity index (χ0n) is 13.8. The van der Waals surface area contributed by atoms with Crippen LogP contribution in [0.5, 0.6) is 0 Å². The summed E-state index contributed by atoms with van der Waals surface area (Å²) in [4.78, 5) is 37.9. The second kappa shape index (κ2) is 6.51. The van der Waals surface area contributed by atoms with Crippen molar-refractivity contribution in [3.63, 3.8) is 0 Å². The van der Waals surface area contributed by atoms with Gasteiger partial charge in [0.2, 0.25) is 11.8 Å². The van der Waals surface area contributed by atoms with Crippen molar-refractivity contribution in [2.45, 2.75) is 44.4 Å². The number of nitrogens with one attached hydrogen (secondary N) is 3. The van der Waals surface area contributed by atoms with E-state index in [4.69, 9.17) is 0 Å². The van der Waals surface area contributed by atoms with Crippen LogP contribution in [-0.2, 0) is 9.59 Å². The van der Waals surface area contributed by atoms with Gasteiger partial charge in [-0.1, -0.05) is 30.3 Å². The maximum Gasteiger partial charge on any atom is 0.315 e. The Labute approximate surface area is 140 Å². The van der Waals surface area contributed by atoms with E-state index in [0.29, 0.717) is 13.0 Å². The smallest absolute Gasteiger partial charge is 0.315 e. The fraction of sp³-hybridized carbons (Fsp3) is 0.471. The van der Waals surface area contributed by atoms with E-state index in [1.807, 2.05) is 37.3 Å². The van der Waals surface area contributed by atoms with Crippen LogP contribution in [0.15, 0.2) is 30.3 Å². The summed E-state index contributed by atoms with van der Waals surface area (Å²) in [5.74, 6) is -0.244. The van der Waals surface area contributed by atoms with Gasteiger partial charge in [0.05, 0.1) is 12.1 Å². The molecule has 2 aliphatic rings. The normalized spacial score (nSPS) is 27.2. The van der Waals surface area contributed by atoms with Gasteiger partial charge in [0, 0.05) is 6.54 Å². The summed E-state index contributed by atoms with van der Waals surface area (Å²) < 4.78 is 0. The van der Waals surface area contributed by atoms with Crippen LogP contribution in [0.2, 0.25) is 0 Å². The topological polar surface area (TPSA) is 90.5 Å². The Morgan fingerprint density at radius 2 is 2.00 bits per heavy atom. The highest BCUT2D eigenvalue weighted by molar-refractivity contribution is 5.97. The molecule has 7 heteroatoms. The predicted molar refractivity (Wildman–Crippen MR) is 88.0 cm³/mol. The van der Waals surface area contributed by atoms with E-state index >= 15 is 0 Å². The van der Waals surface area contributed by atoms with E-state index in [1.54, 1.807) is 11.8 Å². The highest BCUT2D eigenvalue weighted by atomic mass is 16.2. The summed E-state index contributed by atoms with van der Waals surface area (Å²) in [6.45, 7) is 3.95. The molecule has 4 amide bonds. The number of fused-ring (bicyclic) bond motifs is 1. The number of piperazine rings is 1. The van der Waals surface area contributed by atoms with Crippen LogP contribution in [0.25, 0.3) is 0 Å². The first-order chi connectivity index (χ1) is 11.5. The van der Waals surface area contributed by atoms with Crippen LogP contribution in [-0.4, -0.2) is 47.4 Å². The van der Waals surface area contributed by atoms with Gasteiger partial charge in [-0.3, -0.25) is 9.59 Å². The Balaban J connectivity index is 1.56. The maximum absolute atomic E-state index is 12.2. The average molecular weight is 330 g/mol. The summed E-state index contributed by atoms with van der Waals surface area (Å²) in [5.41, 5.74) is 1.01. The number of rotatable bonds is 3. The number of hydrogen-bond donors (Lipinski definition) is 3. The molecular weight excluding hydrogens is 308 g/mol. The molecule has 0 aliphatic carbocycles. The lowest BCUT2D eigenvalue weighted by Crippen LogP contribution is -2.60. The zero-order chi connectivity index (χ0) is 17.3. The molecule has 0 unspecified atom stereocenters. The van der Waals surface area contributed by atoms with Crippen LogP contribution >= 0.6 is 0 Å². The molecule has 0 radical (unpaired) electrons. The molecular formula is C17H22N4O3. The molecule has 7 nitrogen and oxygen atoms in total. The largest absolute Gasteiger partial charge is 0.343 e. The quantitative estimate of drug-likeness (QED) is 0.755. The van der Waals surface area contributed by atoms with Crippen LogP contribution in [0.1, 0.15) is 31.9 Å². The van der Waals surface area contributed by atoms with E-state index in [2.05, 4.69) is 16.0 Å². The molecule has 0 saturated carbocycles. The van der Waals surface area contributed by atoms with Crippen LogP contribution in [0.4, 0.5) is 4.79 Å². The number of hydrogen-bond acceptors (Lipinski definition) is 3. The van der Waals surface area contributed by atoms with Crippen LogP contribution < -0.4 is 16.0 Å². The van der Waals surface area contributed by atoms with Gasteiger partial charge in [0.15, 0.2) is 0 Å². The number of nitrogens with zero attached hydrogens (tertiary/aromatic N) is 1. The molecule has 24 heavy (non-hydrogen) atoms. The highest BCUT2D eigenvalue weighted by Gasteiger charge is 2.45. The second-order valence-corrected chi connectivity index (χ2v) is 6.42. The second-order valence-electron chi connectivity index (χ2n) is 6.42. The van der Waals surface area contributed by atoms with Gasteiger partial charge in [-0.05, 0) is 25.8 Å². The van der Waals surface area contributed by atoms with Gasteiger partial charge < -0.3 is 20.9 Å². The lowest BCUT2D eigenvalue weighted by molar-refractivity contribution is -0.146. The van der Waals surface area contributed by atoms with Crippen molar-refractivity contribution in [2.24, 2.45) is 0 Å². The van der Waals surface area contributed by atoms with Gasteiger partial charge in [-0.15, -0.1) is 0 Å². The van der Waals surface area contributed by atoms with Crippen molar-refractivity contribution < 1.29 is 14.4 Å². The van der Waals surface area contributed by atoms with Crippen molar-refractivity contribution >= 4 is 17.8 Å². The van der Waals surface area contributed by atoms with Crippen LogP contribution in [0.3, 0.4) is 0 Å². The van der Waals surface area contributed by atoms with Gasteiger partial charge in [0.25, 0.3) is 0 Å². The molecule has 0 spiro atoms. The summed E-state index contributed by atoms with van der Waals surface area (Å²) in [5, 5.41) is 8.42. The van der Waals surface area contributed by atoms with Crippen LogP contribution in [0, 0.1) is 0 Å². The minimum atomic E-state index is -0.501. The first-order valence-corrected chi connectivity index (χ1v) is 8.18. The Kier molecular flexibility index (Phi) is 4.42. The molecule has 0 bridgehead atoms. The van der Waals surface area contributed by atoms with Crippen molar-refractivity contribution in [3.8, 4) is 0 Å². The third kappa shape index (κ3) is 3.20. The van der Waals surface area contributed by atoms with Crippen molar-refractivity contribution in [2.75, 3.05) is 6.54 Å². The number of amides is 4. The average Bonchev–Trinajstić information content (AvgIpc) is 2.98. The fourth-order valence-corrected chi connectivity index (χ4v) is 3.30. The maximum atomic E-state index is 12.2. The van der Waals surface area contributed by atoms with Gasteiger partial charge in [-0.25, -0.2) is 4.79 Å². The van der Waals surface area contributed by atoms with E-state index in [9.17, 15) is 14.4 Å². The highest BCUT2D eigenvalue weighted by Crippen LogP contribution is 2.22. The molecule has 3 N–H and O–H groups in total. The first kappa shape index (κ1) is 16.3. The Hall–Kier alpha value is -2.57. The lowest BCUT2D eigenvalue weighted by Gasteiger charge is -2.32. The predicted octanol–water partition coefficient (Wildman–Crippen LogP) is 0.535. The molecule has 2 fully saturated rings. The summed E-state index contributed by atoms with van der Waals surface area (Å²) in [6, 6.07) is 8.04. The number of carbonyl (C=O) groups excluding carboxylic acids is 3. The number of urea groups is 1.